The van der Waals surface area contributed by atoms with Gasteiger partial charge in [-0.1, -0.05) is 116 Å². The highest BCUT2D eigenvalue weighted by Crippen LogP contribution is 2.69. The summed E-state index contributed by atoms with van der Waals surface area (Å²) in [6.45, 7) is 2.85. The molecule has 6 fully saturated rings. The van der Waals surface area contributed by atoms with Crippen LogP contribution in [0.2, 0.25) is 0 Å². The van der Waals surface area contributed by atoms with Gasteiger partial charge in [0, 0.05) is 17.6 Å². The zero-order valence-electron chi connectivity index (χ0n) is 25.7. The van der Waals surface area contributed by atoms with E-state index < -0.39 is 0 Å². The van der Waals surface area contributed by atoms with Crippen LogP contribution in [0.3, 0.4) is 0 Å². The fourth-order valence-electron chi connectivity index (χ4n) is 12.9. The minimum atomic E-state index is 0.513. The number of hydrogen-bond donors (Lipinski definition) is 0. The van der Waals surface area contributed by atoms with E-state index in [1.165, 1.54) is 103 Å². The Morgan fingerprint density at radius 3 is 1.18 bits per heavy atom. The highest BCUT2D eigenvalue weighted by molar-refractivity contribution is 5.20. The van der Waals surface area contributed by atoms with Crippen molar-refractivity contribution in [3.63, 3.8) is 0 Å². The molecule has 218 valence electrons. The fourth-order valence-corrected chi connectivity index (χ4v) is 12.9. The normalized spacial score (nSPS) is 36.0. The summed E-state index contributed by atoms with van der Waals surface area (Å²) in [4.78, 5) is 3.57. The lowest BCUT2D eigenvalue weighted by Gasteiger charge is -2.73. The van der Waals surface area contributed by atoms with E-state index >= 15 is 0 Å². The molecule has 6 rings (SSSR count). The van der Waals surface area contributed by atoms with Crippen LogP contribution in [0.15, 0.2) is 0 Å². The van der Waals surface area contributed by atoms with E-state index in [9.17, 15) is 0 Å². The van der Waals surface area contributed by atoms with Crippen molar-refractivity contribution in [2.45, 2.75) is 204 Å². The van der Waals surface area contributed by atoms with Gasteiger partial charge in [0.15, 0.2) is 0 Å². The monoisotopic (exact) mass is 524 g/mol. The molecule has 38 heavy (non-hydrogen) atoms. The molecule has 6 aliphatic carbocycles. The maximum absolute atomic E-state index is 3.57. The molecule has 6 saturated carbocycles. The molecule has 0 amide bonds. The van der Waals surface area contributed by atoms with Crippen molar-refractivity contribution in [2.24, 2.45) is 29.1 Å². The highest BCUT2D eigenvalue weighted by Gasteiger charge is 2.68. The van der Waals surface area contributed by atoms with Crippen LogP contribution < -0.4 is 0 Å². The van der Waals surface area contributed by atoms with E-state index in [1.807, 2.05) is 0 Å². The van der Waals surface area contributed by atoms with Gasteiger partial charge in [0.1, 0.15) is 0 Å². The molecule has 0 aromatic rings. The first-order valence-electron chi connectivity index (χ1n) is 18.6. The summed E-state index contributed by atoms with van der Waals surface area (Å²) in [5.41, 5.74) is 1.11. The summed E-state index contributed by atoms with van der Waals surface area (Å²) in [6.07, 6.45) is 43.2. The predicted octanol–water partition coefficient (Wildman–Crippen LogP) is 11.2. The summed E-state index contributed by atoms with van der Waals surface area (Å²) in [7, 11) is 0. The first-order valence-corrected chi connectivity index (χ1v) is 18.6. The first-order chi connectivity index (χ1) is 18.8. The Kier molecular flexibility index (Phi) is 9.51. The van der Waals surface area contributed by atoms with Gasteiger partial charge in [-0.15, -0.1) is 0 Å². The SMILES string of the molecule is CC1CCCC(C2CCCCC2)(N(C2CCCCC2)C2CCCCC2)C1(C1CCCCC1)C1CCCCC1. The van der Waals surface area contributed by atoms with E-state index in [0.29, 0.717) is 11.0 Å². The Hall–Kier alpha value is -0.0400. The molecular formula is C37H65N. The van der Waals surface area contributed by atoms with Crippen LogP contribution in [-0.4, -0.2) is 22.5 Å². The van der Waals surface area contributed by atoms with Gasteiger partial charge in [0.25, 0.3) is 0 Å². The molecule has 0 N–H and O–H groups in total. The maximum Gasteiger partial charge on any atom is 0.0307 e. The van der Waals surface area contributed by atoms with Crippen LogP contribution in [0.4, 0.5) is 0 Å². The third-order valence-corrected chi connectivity index (χ3v) is 14.0. The molecule has 0 heterocycles. The van der Waals surface area contributed by atoms with Gasteiger partial charge >= 0.3 is 0 Å². The number of rotatable bonds is 6. The zero-order chi connectivity index (χ0) is 25.8. The molecule has 0 aromatic heterocycles. The Morgan fingerprint density at radius 1 is 0.395 bits per heavy atom. The van der Waals surface area contributed by atoms with Crippen molar-refractivity contribution in [2.75, 3.05) is 0 Å². The average molecular weight is 524 g/mol. The van der Waals surface area contributed by atoms with E-state index in [4.69, 9.17) is 0 Å². The van der Waals surface area contributed by atoms with E-state index in [-0.39, 0.29) is 0 Å². The molecule has 0 spiro atoms. The Labute approximate surface area is 238 Å². The lowest BCUT2D eigenvalue weighted by Crippen LogP contribution is -2.75. The zero-order valence-corrected chi connectivity index (χ0v) is 25.7. The Morgan fingerprint density at radius 2 is 0.763 bits per heavy atom. The summed E-state index contributed by atoms with van der Waals surface area (Å²) in [5, 5.41) is 0. The molecule has 0 saturated heterocycles. The second-order valence-corrected chi connectivity index (χ2v) is 15.6. The quantitative estimate of drug-likeness (QED) is 0.334. The van der Waals surface area contributed by atoms with Crippen LogP contribution in [0, 0.1) is 29.1 Å². The Bertz CT molecular complexity index is 662. The third kappa shape index (κ3) is 4.98. The second kappa shape index (κ2) is 12.9. The standard InChI is InChI=1S/C37H65N/c1-30-18-17-29-36(31-19-7-2-8-20-31,38(34-25-13-5-14-26-34)35-27-15-6-16-28-35)37(30,32-21-9-3-10-22-32)33-23-11-4-12-24-33/h30-35H,2-29H2,1H3. The van der Waals surface area contributed by atoms with Gasteiger partial charge in [-0.2, -0.15) is 0 Å². The van der Waals surface area contributed by atoms with Crippen molar-refractivity contribution in [3.8, 4) is 0 Å². The lowest BCUT2D eigenvalue weighted by molar-refractivity contribution is -0.233. The van der Waals surface area contributed by atoms with Crippen molar-refractivity contribution in [1.82, 2.24) is 4.90 Å². The molecule has 0 bridgehead atoms. The van der Waals surface area contributed by atoms with Crippen LogP contribution in [0.1, 0.15) is 187 Å². The largest absolute Gasteiger partial charge is 0.291 e. The van der Waals surface area contributed by atoms with Crippen molar-refractivity contribution in [3.05, 3.63) is 0 Å². The molecule has 6 aliphatic rings. The topological polar surface area (TPSA) is 3.24 Å². The summed E-state index contributed by atoms with van der Waals surface area (Å²) >= 11 is 0. The smallest absolute Gasteiger partial charge is 0.0307 e. The minimum absolute atomic E-state index is 0.513. The van der Waals surface area contributed by atoms with Gasteiger partial charge in [0.05, 0.1) is 0 Å². The van der Waals surface area contributed by atoms with Gasteiger partial charge in [0.2, 0.25) is 0 Å². The molecule has 1 nitrogen and oxygen atoms in total. The average Bonchev–Trinajstić information content (AvgIpc) is 3.00. The minimum Gasteiger partial charge on any atom is -0.291 e. The molecule has 0 radical (unpaired) electrons. The van der Waals surface area contributed by atoms with Crippen molar-refractivity contribution in [1.29, 1.82) is 0 Å². The summed E-state index contributed by atoms with van der Waals surface area (Å²) in [6, 6.07) is 1.82. The second-order valence-electron chi connectivity index (χ2n) is 15.6. The molecule has 2 unspecified atom stereocenters. The third-order valence-electron chi connectivity index (χ3n) is 14.0. The number of hydrogen-bond acceptors (Lipinski definition) is 1. The lowest BCUT2D eigenvalue weighted by atomic mass is 9.39. The van der Waals surface area contributed by atoms with E-state index in [1.54, 1.807) is 77.0 Å². The van der Waals surface area contributed by atoms with Gasteiger partial charge in [-0.25, -0.2) is 0 Å². The summed E-state index contributed by atoms with van der Waals surface area (Å²) in [5.74, 6) is 3.98. The van der Waals surface area contributed by atoms with Crippen molar-refractivity contribution >= 4 is 0 Å². The fraction of sp³-hybridized carbons (Fsp3) is 1.00. The van der Waals surface area contributed by atoms with Crippen LogP contribution in [0.5, 0.6) is 0 Å². The predicted molar refractivity (Wildman–Crippen MR) is 163 cm³/mol. The molecule has 0 aromatic carbocycles. The van der Waals surface area contributed by atoms with Crippen molar-refractivity contribution < 1.29 is 0 Å². The molecule has 2 atom stereocenters. The van der Waals surface area contributed by atoms with Gasteiger partial charge < -0.3 is 0 Å². The van der Waals surface area contributed by atoms with Crippen LogP contribution >= 0.6 is 0 Å². The molecule has 1 heteroatoms. The van der Waals surface area contributed by atoms with Crippen LogP contribution in [0.25, 0.3) is 0 Å². The number of nitrogens with zero attached hydrogens (tertiary/aromatic N) is 1. The first kappa shape index (κ1) is 28.1. The maximum atomic E-state index is 3.57. The molecular weight excluding hydrogens is 458 g/mol. The summed E-state index contributed by atoms with van der Waals surface area (Å²) < 4.78 is 0. The van der Waals surface area contributed by atoms with E-state index in [2.05, 4.69) is 11.8 Å². The molecule has 0 aliphatic heterocycles. The Balaban J connectivity index is 1.56. The van der Waals surface area contributed by atoms with E-state index in [0.717, 1.165) is 35.8 Å². The van der Waals surface area contributed by atoms with Crippen LogP contribution in [-0.2, 0) is 0 Å². The van der Waals surface area contributed by atoms with Gasteiger partial charge in [-0.3, -0.25) is 4.90 Å². The highest BCUT2D eigenvalue weighted by atomic mass is 15.3. The van der Waals surface area contributed by atoms with Gasteiger partial charge in [-0.05, 0) is 99.7 Å².